The van der Waals surface area contributed by atoms with Gasteiger partial charge in [-0.2, -0.15) is 0 Å². The molecule has 0 radical (unpaired) electrons. The van der Waals surface area contributed by atoms with Crippen LogP contribution < -0.4 is 14.8 Å². The van der Waals surface area contributed by atoms with Gasteiger partial charge >= 0.3 is 0 Å². The van der Waals surface area contributed by atoms with E-state index in [0.717, 1.165) is 0 Å². The highest BCUT2D eigenvalue weighted by molar-refractivity contribution is 5.95. The van der Waals surface area contributed by atoms with E-state index in [1.54, 1.807) is 30.1 Å². The number of benzene rings is 1. The second kappa shape index (κ2) is 5.63. The Labute approximate surface area is 123 Å². The monoisotopic (exact) mass is 290 g/mol. The van der Waals surface area contributed by atoms with Crippen LogP contribution in [0.5, 0.6) is 11.5 Å². The van der Waals surface area contributed by atoms with E-state index in [-0.39, 0.29) is 24.5 Å². The summed E-state index contributed by atoms with van der Waals surface area (Å²) in [6, 6.07) is 5.23. The zero-order valence-corrected chi connectivity index (χ0v) is 11.9. The minimum Gasteiger partial charge on any atom is -0.454 e. The number of nitrogens with one attached hydrogen (secondary N) is 1. The van der Waals surface area contributed by atoms with E-state index in [4.69, 9.17) is 9.47 Å². The first-order chi connectivity index (χ1) is 10.2. The summed E-state index contributed by atoms with van der Waals surface area (Å²) in [6.45, 7) is 1.40. The van der Waals surface area contributed by atoms with Crippen LogP contribution in [0.4, 0.5) is 0 Å². The van der Waals surface area contributed by atoms with Crippen LogP contribution in [0, 0.1) is 5.92 Å². The number of rotatable bonds is 2. The van der Waals surface area contributed by atoms with E-state index >= 15 is 0 Å². The average molecular weight is 290 g/mol. The van der Waals surface area contributed by atoms with Crippen LogP contribution in [-0.2, 0) is 4.79 Å². The van der Waals surface area contributed by atoms with Gasteiger partial charge in [0.25, 0.3) is 5.91 Å². The van der Waals surface area contributed by atoms with Gasteiger partial charge in [-0.15, -0.1) is 0 Å². The second-order valence-electron chi connectivity index (χ2n) is 5.25. The lowest BCUT2D eigenvalue weighted by atomic mass is 9.95. The number of nitrogens with zero attached hydrogens (tertiary/aromatic N) is 1. The molecule has 2 aliphatic heterocycles. The van der Waals surface area contributed by atoms with Crippen molar-refractivity contribution in [1.82, 2.24) is 10.2 Å². The molecule has 0 bridgehead atoms. The summed E-state index contributed by atoms with van der Waals surface area (Å²) in [5, 5.41) is 2.67. The fraction of sp³-hybridized carbons (Fsp3) is 0.467. The van der Waals surface area contributed by atoms with Gasteiger partial charge in [-0.05, 0) is 31.0 Å². The van der Waals surface area contributed by atoms with Gasteiger partial charge < -0.3 is 19.7 Å². The number of carbonyl (C=O) groups excluding carboxylic acids is 2. The number of piperidine rings is 1. The molecule has 0 aromatic heterocycles. The van der Waals surface area contributed by atoms with E-state index < -0.39 is 0 Å². The molecule has 1 aromatic carbocycles. The van der Waals surface area contributed by atoms with Gasteiger partial charge in [-0.3, -0.25) is 9.59 Å². The lowest BCUT2D eigenvalue weighted by Crippen LogP contribution is -2.42. The molecule has 3 rings (SSSR count). The topological polar surface area (TPSA) is 67.9 Å². The van der Waals surface area contributed by atoms with Crippen LogP contribution >= 0.6 is 0 Å². The number of carbonyl (C=O) groups is 2. The van der Waals surface area contributed by atoms with Crippen molar-refractivity contribution in [2.24, 2.45) is 5.92 Å². The maximum atomic E-state index is 12.5. The van der Waals surface area contributed by atoms with Gasteiger partial charge in [-0.25, -0.2) is 0 Å². The molecule has 1 fully saturated rings. The van der Waals surface area contributed by atoms with Crippen molar-refractivity contribution in [3.05, 3.63) is 23.8 Å². The molecule has 6 nitrogen and oxygen atoms in total. The lowest BCUT2D eigenvalue weighted by molar-refractivity contribution is -0.125. The molecular weight excluding hydrogens is 272 g/mol. The van der Waals surface area contributed by atoms with E-state index in [1.807, 2.05) is 0 Å². The van der Waals surface area contributed by atoms with E-state index in [1.165, 1.54) is 0 Å². The number of amides is 2. The quantitative estimate of drug-likeness (QED) is 0.883. The third kappa shape index (κ3) is 2.66. The van der Waals surface area contributed by atoms with Crippen molar-refractivity contribution >= 4 is 11.8 Å². The highest BCUT2D eigenvalue weighted by atomic mass is 16.7. The van der Waals surface area contributed by atoms with E-state index in [9.17, 15) is 9.59 Å². The first-order valence-corrected chi connectivity index (χ1v) is 7.09. The van der Waals surface area contributed by atoms with Gasteiger partial charge in [0.2, 0.25) is 12.7 Å². The summed E-state index contributed by atoms with van der Waals surface area (Å²) < 4.78 is 10.5. The summed E-state index contributed by atoms with van der Waals surface area (Å²) in [6.07, 6.45) is 1.41. The first-order valence-electron chi connectivity index (χ1n) is 7.09. The van der Waals surface area contributed by atoms with Crippen LogP contribution in [0.25, 0.3) is 0 Å². The van der Waals surface area contributed by atoms with E-state index in [2.05, 4.69) is 5.32 Å². The van der Waals surface area contributed by atoms with Crippen molar-refractivity contribution in [3.63, 3.8) is 0 Å². The molecule has 6 heteroatoms. The molecule has 0 saturated carbocycles. The Morgan fingerprint density at radius 2 is 1.90 bits per heavy atom. The van der Waals surface area contributed by atoms with Crippen molar-refractivity contribution in [3.8, 4) is 11.5 Å². The summed E-state index contributed by atoms with van der Waals surface area (Å²) in [5.41, 5.74) is 0.595. The van der Waals surface area contributed by atoms with Crippen LogP contribution in [0.15, 0.2) is 18.2 Å². The van der Waals surface area contributed by atoms with Crippen molar-refractivity contribution in [2.75, 3.05) is 26.9 Å². The molecule has 1 saturated heterocycles. The molecular formula is C15H18N2O4. The predicted octanol–water partition coefficient (Wildman–Crippen LogP) is 1.01. The van der Waals surface area contributed by atoms with Crippen molar-refractivity contribution in [2.45, 2.75) is 12.8 Å². The Hall–Kier alpha value is -2.24. The predicted molar refractivity (Wildman–Crippen MR) is 75.3 cm³/mol. The van der Waals surface area contributed by atoms with Gasteiger partial charge in [0.15, 0.2) is 11.5 Å². The molecule has 0 spiro atoms. The van der Waals surface area contributed by atoms with Gasteiger partial charge in [0.1, 0.15) is 0 Å². The fourth-order valence-corrected chi connectivity index (χ4v) is 2.76. The minimum absolute atomic E-state index is 0.0100. The second-order valence-corrected chi connectivity index (χ2v) is 5.25. The minimum atomic E-state index is -0.0244. The molecule has 2 heterocycles. The van der Waals surface area contributed by atoms with E-state index in [0.29, 0.717) is 43.0 Å². The SMILES string of the molecule is CNC(=O)C1CCN(C(=O)c2ccc3c(c2)OCO3)CC1. The normalized spacial score (nSPS) is 17.7. The van der Waals surface area contributed by atoms with Crippen LogP contribution in [0.1, 0.15) is 23.2 Å². The molecule has 21 heavy (non-hydrogen) atoms. The lowest BCUT2D eigenvalue weighted by Gasteiger charge is -2.31. The Bertz CT molecular complexity index is 565. The third-order valence-electron chi connectivity index (χ3n) is 4.02. The van der Waals surface area contributed by atoms with Crippen molar-refractivity contribution in [1.29, 1.82) is 0 Å². The Kier molecular flexibility index (Phi) is 3.68. The summed E-state index contributed by atoms with van der Waals surface area (Å²) in [7, 11) is 1.65. The molecule has 1 aromatic rings. The highest BCUT2D eigenvalue weighted by Crippen LogP contribution is 2.33. The zero-order valence-electron chi connectivity index (χ0n) is 11.9. The molecule has 2 aliphatic rings. The molecule has 2 amide bonds. The number of hydrogen-bond acceptors (Lipinski definition) is 4. The Morgan fingerprint density at radius 1 is 1.19 bits per heavy atom. The largest absolute Gasteiger partial charge is 0.454 e. The van der Waals surface area contributed by atoms with Crippen molar-refractivity contribution < 1.29 is 19.1 Å². The van der Waals surface area contributed by atoms with Crippen LogP contribution in [-0.4, -0.2) is 43.6 Å². The molecule has 1 N–H and O–H groups in total. The maximum Gasteiger partial charge on any atom is 0.253 e. The molecule has 0 aliphatic carbocycles. The summed E-state index contributed by atoms with van der Waals surface area (Å²) in [5.74, 6) is 1.33. The smallest absolute Gasteiger partial charge is 0.253 e. The average Bonchev–Trinajstić information content (AvgIpc) is 3.01. The fourth-order valence-electron chi connectivity index (χ4n) is 2.76. The van der Waals surface area contributed by atoms with Crippen LogP contribution in [0.2, 0.25) is 0 Å². The third-order valence-corrected chi connectivity index (χ3v) is 4.02. The standard InChI is InChI=1S/C15H18N2O4/c1-16-14(18)10-4-6-17(7-5-10)15(19)11-2-3-12-13(8-11)21-9-20-12/h2-3,8,10H,4-7,9H2,1H3,(H,16,18). The zero-order chi connectivity index (χ0) is 14.8. The Morgan fingerprint density at radius 3 is 2.62 bits per heavy atom. The van der Waals surface area contributed by atoms with Gasteiger partial charge in [0, 0.05) is 31.6 Å². The van der Waals surface area contributed by atoms with Gasteiger partial charge in [0.05, 0.1) is 0 Å². The molecule has 0 atom stereocenters. The first kappa shape index (κ1) is 13.7. The number of ether oxygens (including phenoxy) is 2. The summed E-state index contributed by atoms with van der Waals surface area (Å²) in [4.78, 5) is 25.9. The number of hydrogen-bond donors (Lipinski definition) is 1. The Balaban J connectivity index is 1.65. The molecule has 0 unspecified atom stereocenters. The van der Waals surface area contributed by atoms with Crippen LogP contribution in [0.3, 0.4) is 0 Å². The molecule has 112 valence electrons. The van der Waals surface area contributed by atoms with Gasteiger partial charge in [-0.1, -0.05) is 0 Å². The number of fused-ring (bicyclic) bond motifs is 1. The maximum absolute atomic E-state index is 12.5. The highest BCUT2D eigenvalue weighted by Gasteiger charge is 2.28. The number of likely N-dealkylation sites (tertiary alicyclic amines) is 1. The summed E-state index contributed by atoms with van der Waals surface area (Å²) >= 11 is 0.